The largest absolute Gasteiger partial charge is 0.493 e. The van der Waals surface area contributed by atoms with Gasteiger partial charge in [-0.3, -0.25) is 4.79 Å². The third-order valence-corrected chi connectivity index (χ3v) is 5.74. The zero-order valence-corrected chi connectivity index (χ0v) is 19.8. The van der Waals surface area contributed by atoms with Crippen LogP contribution in [0.15, 0.2) is 60.7 Å². The first kappa shape index (κ1) is 23.7. The van der Waals surface area contributed by atoms with Crippen molar-refractivity contribution in [2.24, 2.45) is 0 Å². The molecule has 0 bridgehead atoms. The summed E-state index contributed by atoms with van der Waals surface area (Å²) in [5.41, 5.74) is 4.52. The molecule has 166 valence electrons. The molecule has 32 heavy (non-hydrogen) atoms. The molecule has 0 spiro atoms. The van der Waals surface area contributed by atoms with Crippen LogP contribution >= 0.6 is 23.2 Å². The van der Waals surface area contributed by atoms with E-state index in [1.807, 2.05) is 31.2 Å². The van der Waals surface area contributed by atoms with Crippen LogP contribution in [0.1, 0.15) is 29.2 Å². The van der Waals surface area contributed by atoms with Crippen LogP contribution in [0, 0.1) is 6.92 Å². The van der Waals surface area contributed by atoms with Gasteiger partial charge in [0.25, 0.3) is 0 Å². The molecule has 0 heterocycles. The summed E-state index contributed by atoms with van der Waals surface area (Å²) < 4.78 is 11.3. The lowest BCUT2D eigenvalue weighted by molar-refractivity contribution is -0.111. The summed E-state index contributed by atoms with van der Waals surface area (Å²) in [4.78, 5) is 12.5. The number of carbonyl (C=O) groups is 1. The van der Waals surface area contributed by atoms with E-state index in [1.165, 1.54) is 6.08 Å². The number of rotatable bonds is 8. The molecule has 6 heteroatoms. The van der Waals surface area contributed by atoms with Crippen molar-refractivity contribution in [3.05, 3.63) is 93.0 Å². The molecule has 0 aliphatic carbocycles. The number of aryl methyl sites for hydroxylation is 2. The number of carbonyl (C=O) groups excluding carboxylic acids is 1. The predicted octanol–water partition coefficient (Wildman–Crippen LogP) is 7.10. The maximum atomic E-state index is 12.5. The molecular weight excluding hydrogens is 445 g/mol. The van der Waals surface area contributed by atoms with Gasteiger partial charge in [0.05, 0.1) is 7.11 Å². The summed E-state index contributed by atoms with van der Waals surface area (Å²) in [5.74, 6) is 0.905. The first-order chi connectivity index (χ1) is 15.4. The predicted molar refractivity (Wildman–Crippen MR) is 132 cm³/mol. The zero-order valence-electron chi connectivity index (χ0n) is 18.2. The maximum absolute atomic E-state index is 12.5. The van der Waals surface area contributed by atoms with E-state index < -0.39 is 0 Å². The second kappa shape index (κ2) is 11.1. The van der Waals surface area contributed by atoms with Gasteiger partial charge in [0.15, 0.2) is 11.5 Å². The minimum absolute atomic E-state index is 0.193. The fourth-order valence-electron chi connectivity index (χ4n) is 3.27. The Morgan fingerprint density at radius 2 is 1.75 bits per heavy atom. The Labute approximate surface area is 198 Å². The van der Waals surface area contributed by atoms with Crippen molar-refractivity contribution >= 4 is 40.9 Å². The molecule has 1 N–H and O–H groups in total. The normalized spacial score (nSPS) is 10.9. The quantitative estimate of drug-likeness (QED) is 0.357. The Morgan fingerprint density at radius 1 is 1.03 bits per heavy atom. The monoisotopic (exact) mass is 469 g/mol. The molecular formula is C26H25Cl2NO3. The van der Waals surface area contributed by atoms with Gasteiger partial charge in [-0.2, -0.15) is 0 Å². The van der Waals surface area contributed by atoms with Gasteiger partial charge in [-0.25, -0.2) is 0 Å². The number of methoxy groups -OCH3 is 1. The molecule has 0 saturated heterocycles. The van der Waals surface area contributed by atoms with Crippen LogP contribution in [0.3, 0.4) is 0 Å². The van der Waals surface area contributed by atoms with Crippen molar-refractivity contribution in [3.63, 3.8) is 0 Å². The van der Waals surface area contributed by atoms with Crippen LogP contribution in [0.5, 0.6) is 11.5 Å². The highest BCUT2D eigenvalue weighted by Crippen LogP contribution is 2.31. The third kappa shape index (κ3) is 5.84. The van der Waals surface area contributed by atoms with Crippen molar-refractivity contribution in [1.82, 2.24) is 0 Å². The number of ether oxygens (including phenoxy) is 2. The van der Waals surface area contributed by atoms with Crippen molar-refractivity contribution < 1.29 is 14.3 Å². The Balaban J connectivity index is 1.70. The first-order valence-corrected chi connectivity index (χ1v) is 11.0. The SMILES string of the molecule is CCc1cccc(C)c1NC(=O)/C=C/c1ccc(OCc2c(Cl)cccc2Cl)c(OC)c1. The molecule has 0 unspecified atom stereocenters. The van der Waals surface area contributed by atoms with Gasteiger partial charge in [0, 0.05) is 27.4 Å². The second-order valence-corrected chi connectivity index (χ2v) is 8.00. The Bertz CT molecular complexity index is 1120. The molecule has 4 nitrogen and oxygen atoms in total. The van der Waals surface area contributed by atoms with Gasteiger partial charge >= 0.3 is 0 Å². The molecule has 0 radical (unpaired) electrons. The number of para-hydroxylation sites is 1. The Morgan fingerprint density at radius 3 is 2.44 bits per heavy atom. The number of anilines is 1. The number of nitrogens with one attached hydrogen (secondary N) is 1. The van der Waals surface area contributed by atoms with E-state index in [0.29, 0.717) is 27.1 Å². The highest BCUT2D eigenvalue weighted by molar-refractivity contribution is 6.35. The summed E-state index contributed by atoms with van der Waals surface area (Å²) in [6, 6.07) is 16.8. The van der Waals surface area contributed by atoms with Crippen LogP contribution < -0.4 is 14.8 Å². The van der Waals surface area contributed by atoms with E-state index in [-0.39, 0.29) is 12.5 Å². The molecule has 0 atom stereocenters. The van der Waals surface area contributed by atoms with Crippen LogP contribution in [-0.4, -0.2) is 13.0 Å². The fraction of sp³-hybridized carbons (Fsp3) is 0.192. The molecule has 0 fully saturated rings. The van der Waals surface area contributed by atoms with Crippen LogP contribution in [0.25, 0.3) is 6.08 Å². The lowest BCUT2D eigenvalue weighted by Crippen LogP contribution is -2.11. The maximum Gasteiger partial charge on any atom is 0.248 e. The molecule has 0 aliphatic heterocycles. The van der Waals surface area contributed by atoms with E-state index >= 15 is 0 Å². The number of amides is 1. The third-order valence-electron chi connectivity index (χ3n) is 5.04. The average Bonchev–Trinajstić information content (AvgIpc) is 2.79. The number of halogens is 2. The van der Waals surface area contributed by atoms with Gasteiger partial charge < -0.3 is 14.8 Å². The van der Waals surface area contributed by atoms with Gasteiger partial charge in [-0.05, 0) is 60.4 Å². The number of hydrogen-bond acceptors (Lipinski definition) is 3. The van der Waals surface area contributed by atoms with E-state index in [9.17, 15) is 4.79 Å². The molecule has 3 aromatic rings. The zero-order chi connectivity index (χ0) is 23.1. The molecule has 0 saturated carbocycles. The molecule has 3 aromatic carbocycles. The molecule has 0 aromatic heterocycles. The van der Waals surface area contributed by atoms with Crippen LogP contribution in [0.4, 0.5) is 5.69 Å². The number of hydrogen-bond donors (Lipinski definition) is 1. The summed E-state index contributed by atoms with van der Waals surface area (Å²) in [6.45, 7) is 4.26. The summed E-state index contributed by atoms with van der Waals surface area (Å²) in [6.07, 6.45) is 4.08. The minimum atomic E-state index is -0.193. The minimum Gasteiger partial charge on any atom is -0.493 e. The highest BCUT2D eigenvalue weighted by atomic mass is 35.5. The summed E-state index contributed by atoms with van der Waals surface area (Å²) in [7, 11) is 1.56. The van der Waals surface area contributed by atoms with Crippen molar-refractivity contribution in [2.75, 3.05) is 12.4 Å². The fourth-order valence-corrected chi connectivity index (χ4v) is 3.77. The van der Waals surface area contributed by atoms with Gasteiger partial charge in [-0.15, -0.1) is 0 Å². The topological polar surface area (TPSA) is 47.6 Å². The molecule has 1 amide bonds. The Kier molecular flexibility index (Phi) is 8.20. The van der Waals surface area contributed by atoms with Crippen molar-refractivity contribution in [1.29, 1.82) is 0 Å². The number of benzene rings is 3. The standard InChI is InChI=1S/C26H25Cl2NO3/c1-4-19-8-5-7-17(2)26(19)29-25(30)14-12-18-11-13-23(24(15-18)31-3)32-16-20-21(27)9-6-10-22(20)28/h5-15H,4,16H2,1-3H3,(H,29,30)/b14-12+. The van der Waals surface area contributed by atoms with E-state index in [2.05, 4.69) is 12.2 Å². The summed E-state index contributed by atoms with van der Waals surface area (Å²) >= 11 is 12.4. The lowest BCUT2D eigenvalue weighted by atomic mass is 10.1. The summed E-state index contributed by atoms with van der Waals surface area (Å²) in [5, 5.41) is 4.07. The molecule has 3 rings (SSSR count). The van der Waals surface area contributed by atoms with Crippen LogP contribution in [0.2, 0.25) is 10.0 Å². The van der Waals surface area contributed by atoms with E-state index in [0.717, 1.165) is 28.8 Å². The van der Waals surface area contributed by atoms with E-state index in [1.54, 1.807) is 43.5 Å². The smallest absolute Gasteiger partial charge is 0.248 e. The van der Waals surface area contributed by atoms with Gasteiger partial charge in [0.1, 0.15) is 6.61 Å². The van der Waals surface area contributed by atoms with Gasteiger partial charge in [0.2, 0.25) is 5.91 Å². The molecule has 0 aliphatic rings. The highest BCUT2D eigenvalue weighted by Gasteiger charge is 2.10. The second-order valence-electron chi connectivity index (χ2n) is 7.18. The average molecular weight is 470 g/mol. The van der Waals surface area contributed by atoms with Crippen LogP contribution in [-0.2, 0) is 17.8 Å². The van der Waals surface area contributed by atoms with Gasteiger partial charge in [-0.1, -0.05) is 60.5 Å². The van der Waals surface area contributed by atoms with Crippen molar-refractivity contribution in [3.8, 4) is 11.5 Å². The van der Waals surface area contributed by atoms with E-state index in [4.69, 9.17) is 32.7 Å². The van der Waals surface area contributed by atoms with Crippen molar-refractivity contribution in [2.45, 2.75) is 26.9 Å². The Hall–Kier alpha value is -2.95. The lowest BCUT2D eigenvalue weighted by Gasteiger charge is -2.13. The first-order valence-electron chi connectivity index (χ1n) is 10.2.